The molecule has 1 aromatic rings. The summed E-state index contributed by atoms with van der Waals surface area (Å²) in [5.74, 6) is 0.747. The number of hydrogen-bond donors (Lipinski definition) is 3. The third kappa shape index (κ3) is 11.1. The number of guanidine groups is 1. The number of aromatic nitrogens is 2. The van der Waals surface area contributed by atoms with E-state index in [1.54, 1.807) is 6.20 Å². The highest BCUT2D eigenvalue weighted by Gasteiger charge is 2.18. The Morgan fingerprint density at radius 2 is 2.07 bits per heavy atom. The van der Waals surface area contributed by atoms with Crippen molar-refractivity contribution in [1.29, 1.82) is 0 Å². The minimum atomic E-state index is -0.501. The van der Waals surface area contributed by atoms with E-state index in [1.807, 2.05) is 44.6 Å². The maximum Gasteiger partial charge on any atom is 0.407 e. The molecular formula is C19H36N6O2. The van der Waals surface area contributed by atoms with E-state index in [-0.39, 0.29) is 6.04 Å². The number of carbonyl (C=O) groups excluding carboxylic acids is 1. The normalized spacial score (nSPS) is 13.1. The zero-order valence-electron chi connectivity index (χ0n) is 17.4. The fourth-order valence-electron chi connectivity index (χ4n) is 2.41. The first-order chi connectivity index (χ1) is 12.8. The Labute approximate surface area is 163 Å². The molecule has 0 aliphatic carbocycles. The third-order valence-corrected chi connectivity index (χ3v) is 3.64. The van der Waals surface area contributed by atoms with Gasteiger partial charge < -0.3 is 20.7 Å². The number of nitrogens with one attached hydrogen (secondary N) is 3. The molecule has 1 aromatic heterocycles. The molecule has 1 unspecified atom stereocenters. The zero-order valence-corrected chi connectivity index (χ0v) is 17.4. The fraction of sp³-hybridized carbons (Fsp3) is 0.737. The second-order valence-electron chi connectivity index (χ2n) is 7.40. The second kappa shape index (κ2) is 12.2. The van der Waals surface area contributed by atoms with Crippen molar-refractivity contribution in [1.82, 2.24) is 25.7 Å². The van der Waals surface area contributed by atoms with Crippen molar-refractivity contribution in [2.75, 3.05) is 19.6 Å². The van der Waals surface area contributed by atoms with Crippen molar-refractivity contribution < 1.29 is 9.53 Å². The summed E-state index contributed by atoms with van der Waals surface area (Å²) in [7, 11) is 0. The Kier molecular flexibility index (Phi) is 10.3. The summed E-state index contributed by atoms with van der Waals surface area (Å²) in [5, 5.41) is 13.7. The van der Waals surface area contributed by atoms with Crippen LogP contribution in [0.5, 0.6) is 0 Å². The number of unbranched alkanes of at least 4 members (excludes halogenated alkanes) is 1. The SMILES string of the molecule is CCCCC(CNC(=O)OC(C)(C)C)NC(=NCCn1cccn1)NCC. The summed E-state index contributed by atoms with van der Waals surface area (Å²) >= 11 is 0. The zero-order chi connectivity index (χ0) is 20.1. The number of aliphatic imine (C=N–C) groups is 1. The molecule has 1 rings (SSSR count). The van der Waals surface area contributed by atoms with Crippen LogP contribution in [0.3, 0.4) is 0 Å². The predicted molar refractivity (Wildman–Crippen MR) is 109 cm³/mol. The minimum Gasteiger partial charge on any atom is -0.444 e. The first-order valence-electron chi connectivity index (χ1n) is 9.83. The van der Waals surface area contributed by atoms with Gasteiger partial charge in [0.2, 0.25) is 0 Å². The molecule has 0 spiro atoms. The molecule has 154 valence electrons. The molecule has 0 radical (unpaired) electrons. The molecule has 0 aliphatic rings. The van der Waals surface area contributed by atoms with Crippen molar-refractivity contribution in [2.24, 2.45) is 4.99 Å². The number of rotatable bonds is 10. The van der Waals surface area contributed by atoms with Crippen LogP contribution in [0.25, 0.3) is 0 Å². The van der Waals surface area contributed by atoms with Gasteiger partial charge in [0.25, 0.3) is 0 Å². The van der Waals surface area contributed by atoms with E-state index in [2.05, 4.69) is 33.0 Å². The van der Waals surface area contributed by atoms with Gasteiger partial charge in [0.15, 0.2) is 5.96 Å². The van der Waals surface area contributed by atoms with E-state index in [0.717, 1.165) is 38.3 Å². The van der Waals surface area contributed by atoms with E-state index in [0.29, 0.717) is 13.1 Å². The standard InChI is InChI=1S/C19H36N6O2/c1-6-8-10-16(15-22-18(26)27-19(3,4)5)24-17(20-7-2)21-12-14-25-13-9-11-23-25/h9,11,13,16H,6-8,10,12,14-15H2,1-5H3,(H,22,26)(H2,20,21,24). The molecule has 8 nitrogen and oxygen atoms in total. The Morgan fingerprint density at radius 3 is 2.67 bits per heavy atom. The van der Waals surface area contributed by atoms with Crippen molar-refractivity contribution >= 4 is 12.1 Å². The van der Waals surface area contributed by atoms with Crippen molar-refractivity contribution in [3.05, 3.63) is 18.5 Å². The van der Waals surface area contributed by atoms with E-state index >= 15 is 0 Å². The lowest BCUT2D eigenvalue weighted by Gasteiger charge is -2.24. The average Bonchev–Trinajstić information content (AvgIpc) is 3.09. The second-order valence-corrected chi connectivity index (χ2v) is 7.40. The largest absolute Gasteiger partial charge is 0.444 e. The van der Waals surface area contributed by atoms with Crippen LogP contribution >= 0.6 is 0 Å². The molecule has 27 heavy (non-hydrogen) atoms. The Hall–Kier alpha value is -2.25. The summed E-state index contributed by atoms with van der Waals surface area (Å²) in [6, 6.07) is 1.98. The number of alkyl carbamates (subject to hydrolysis) is 1. The summed E-state index contributed by atoms with van der Waals surface area (Å²) in [6.07, 6.45) is 6.39. The number of hydrogen-bond acceptors (Lipinski definition) is 4. The highest BCUT2D eigenvalue weighted by molar-refractivity contribution is 5.80. The average molecular weight is 381 g/mol. The van der Waals surface area contributed by atoms with Crippen LogP contribution in [0.1, 0.15) is 53.9 Å². The molecule has 8 heteroatoms. The monoisotopic (exact) mass is 380 g/mol. The smallest absolute Gasteiger partial charge is 0.407 e. The molecule has 0 saturated heterocycles. The first-order valence-corrected chi connectivity index (χ1v) is 9.83. The lowest BCUT2D eigenvalue weighted by molar-refractivity contribution is 0.0523. The van der Waals surface area contributed by atoms with Gasteiger partial charge in [-0.05, 0) is 40.2 Å². The molecule has 1 amide bonds. The summed E-state index contributed by atoms with van der Waals surface area (Å²) in [4.78, 5) is 16.5. The van der Waals surface area contributed by atoms with Crippen LogP contribution in [0.15, 0.2) is 23.5 Å². The van der Waals surface area contributed by atoms with Gasteiger partial charge in [-0.2, -0.15) is 5.10 Å². The van der Waals surface area contributed by atoms with Crippen LogP contribution in [0.2, 0.25) is 0 Å². The predicted octanol–water partition coefficient (Wildman–Crippen LogP) is 2.52. The fourth-order valence-corrected chi connectivity index (χ4v) is 2.41. The molecule has 0 bridgehead atoms. The van der Waals surface area contributed by atoms with Gasteiger partial charge in [-0.15, -0.1) is 0 Å². The number of amides is 1. The summed E-state index contributed by atoms with van der Waals surface area (Å²) in [6.45, 7) is 12.4. The third-order valence-electron chi connectivity index (χ3n) is 3.64. The van der Waals surface area contributed by atoms with Crippen molar-refractivity contribution in [3.63, 3.8) is 0 Å². The molecule has 3 N–H and O–H groups in total. The molecule has 0 aromatic carbocycles. The highest BCUT2D eigenvalue weighted by Crippen LogP contribution is 2.07. The maximum absolute atomic E-state index is 11.9. The Morgan fingerprint density at radius 1 is 1.30 bits per heavy atom. The van der Waals surface area contributed by atoms with Gasteiger partial charge in [0, 0.05) is 31.5 Å². The van der Waals surface area contributed by atoms with Crippen molar-refractivity contribution in [2.45, 2.75) is 72.1 Å². The van der Waals surface area contributed by atoms with E-state index in [1.165, 1.54) is 0 Å². The lowest BCUT2D eigenvalue weighted by Crippen LogP contribution is -2.49. The first kappa shape index (κ1) is 22.8. The minimum absolute atomic E-state index is 0.0833. The number of carbonyl (C=O) groups is 1. The van der Waals surface area contributed by atoms with Crippen LogP contribution in [-0.4, -0.2) is 53.1 Å². The van der Waals surface area contributed by atoms with Gasteiger partial charge >= 0.3 is 6.09 Å². The molecule has 0 aliphatic heterocycles. The van der Waals surface area contributed by atoms with Crippen LogP contribution in [0.4, 0.5) is 4.79 Å². The van der Waals surface area contributed by atoms with E-state index in [4.69, 9.17) is 4.74 Å². The summed E-state index contributed by atoms with van der Waals surface area (Å²) < 4.78 is 7.17. The Balaban J connectivity index is 2.58. The number of ether oxygens (including phenoxy) is 1. The van der Waals surface area contributed by atoms with Crippen LogP contribution < -0.4 is 16.0 Å². The molecule has 1 atom stereocenters. The maximum atomic E-state index is 11.9. The Bertz CT molecular complexity index is 551. The van der Waals surface area contributed by atoms with Crippen LogP contribution in [-0.2, 0) is 11.3 Å². The summed E-state index contributed by atoms with van der Waals surface area (Å²) in [5.41, 5.74) is -0.501. The number of nitrogens with zero attached hydrogens (tertiary/aromatic N) is 3. The van der Waals surface area contributed by atoms with Gasteiger partial charge in [0.1, 0.15) is 5.60 Å². The topological polar surface area (TPSA) is 92.6 Å². The van der Waals surface area contributed by atoms with Crippen LogP contribution in [0, 0.1) is 0 Å². The molecule has 1 heterocycles. The van der Waals surface area contributed by atoms with E-state index in [9.17, 15) is 4.79 Å². The van der Waals surface area contributed by atoms with E-state index < -0.39 is 11.7 Å². The quantitative estimate of drug-likeness (QED) is 0.428. The molecule has 0 fully saturated rings. The van der Waals surface area contributed by atoms with Gasteiger partial charge in [-0.1, -0.05) is 19.8 Å². The van der Waals surface area contributed by atoms with Gasteiger partial charge in [-0.3, -0.25) is 9.67 Å². The lowest BCUT2D eigenvalue weighted by atomic mass is 10.1. The highest BCUT2D eigenvalue weighted by atomic mass is 16.6. The molecule has 0 saturated carbocycles. The van der Waals surface area contributed by atoms with Gasteiger partial charge in [0.05, 0.1) is 13.1 Å². The van der Waals surface area contributed by atoms with Gasteiger partial charge in [-0.25, -0.2) is 4.79 Å². The van der Waals surface area contributed by atoms with Crippen molar-refractivity contribution in [3.8, 4) is 0 Å². The molecular weight excluding hydrogens is 344 g/mol.